The molecule has 0 N–H and O–H groups in total. The van der Waals surface area contributed by atoms with Gasteiger partial charge in [0.2, 0.25) is 0 Å². The van der Waals surface area contributed by atoms with Crippen molar-refractivity contribution in [3.05, 3.63) is 41.4 Å². The molecular weight excluding hydrogens is 566 g/mol. The van der Waals surface area contributed by atoms with Crippen LogP contribution in [0.5, 0.6) is 0 Å². The van der Waals surface area contributed by atoms with Crippen molar-refractivity contribution in [2.45, 2.75) is 89.4 Å². The lowest BCUT2D eigenvalue weighted by Gasteiger charge is -2.30. The van der Waals surface area contributed by atoms with Crippen molar-refractivity contribution in [2.24, 2.45) is 11.8 Å². The van der Waals surface area contributed by atoms with E-state index in [0.29, 0.717) is 24.5 Å². The van der Waals surface area contributed by atoms with Gasteiger partial charge in [-0.3, -0.25) is 0 Å². The average molecular weight is 614 g/mol. The number of nitrogens with zero attached hydrogens (tertiary/aromatic N) is 5. The fourth-order valence-electron chi connectivity index (χ4n) is 6.16. The molecule has 0 amide bonds. The molecule has 0 saturated heterocycles. The van der Waals surface area contributed by atoms with Crippen molar-refractivity contribution >= 4 is 39.2 Å². The molecule has 2 saturated carbocycles. The van der Waals surface area contributed by atoms with E-state index in [-0.39, 0.29) is 0 Å². The number of fused-ring (bicyclic) bond motifs is 3. The molecule has 2 aliphatic carbocycles. The Bertz CT molecular complexity index is 1270. The predicted molar refractivity (Wildman–Crippen MR) is 174 cm³/mol. The maximum absolute atomic E-state index is 6.31. The molecular formula is C31H48ClN5O2Si2. The summed E-state index contributed by atoms with van der Waals surface area (Å²) in [4.78, 5) is 11.8. The summed E-state index contributed by atoms with van der Waals surface area (Å²) >= 11 is 6.12. The highest BCUT2D eigenvalue weighted by Gasteiger charge is 2.36. The summed E-state index contributed by atoms with van der Waals surface area (Å²) in [6, 6.07) is 8.36. The van der Waals surface area contributed by atoms with Crippen LogP contribution in [0.15, 0.2) is 30.6 Å². The van der Waals surface area contributed by atoms with Gasteiger partial charge in [0.1, 0.15) is 24.4 Å². The summed E-state index contributed by atoms with van der Waals surface area (Å²) in [6.45, 7) is 16.8. The lowest BCUT2D eigenvalue weighted by Crippen LogP contribution is -2.33. The molecule has 0 radical (unpaired) electrons. The third-order valence-corrected chi connectivity index (χ3v) is 12.3. The second-order valence-electron chi connectivity index (χ2n) is 14.7. The van der Waals surface area contributed by atoms with Crippen LogP contribution < -0.4 is 4.90 Å². The fraction of sp³-hybridized carbons (Fsp3) is 0.645. The van der Waals surface area contributed by atoms with Gasteiger partial charge in [-0.05, 0) is 55.3 Å². The number of ether oxygens (including phenoxy) is 2. The van der Waals surface area contributed by atoms with E-state index in [1.54, 1.807) is 0 Å². The first kappa shape index (κ1) is 30.7. The van der Waals surface area contributed by atoms with Crippen molar-refractivity contribution in [1.82, 2.24) is 19.6 Å². The molecule has 3 heterocycles. The van der Waals surface area contributed by atoms with Crippen molar-refractivity contribution in [2.75, 3.05) is 31.6 Å². The van der Waals surface area contributed by atoms with Crippen molar-refractivity contribution < 1.29 is 9.47 Å². The Balaban J connectivity index is 1.50. The van der Waals surface area contributed by atoms with Gasteiger partial charge in [-0.2, -0.15) is 9.61 Å². The molecule has 3 atom stereocenters. The number of hydrogen-bond donors (Lipinski definition) is 0. The molecule has 3 aromatic rings. The smallest absolute Gasteiger partial charge is 0.165 e. The van der Waals surface area contributed by atoms with Gasteiger partial charge in [-0.25, -0.2) is 9.97 Å². The lowest BCUT2D eigenvalue weighted by molar-refractivity contribution is 0.0942. The number of aromatic nitrogens is 4. The Labute approximate surface area is 253 Å². The molecule has 3 aromatic heterocycles. The monoisotopic (exact) mass is 613 g/mol. The van der Waals surface area contributed by atoms with Crippen molar-refractivity contribution in [1.29, 1.82) is 0 Å². The van der Waals surface area contributed by atoms with Gasteiger partial charge in [0.05, 0.1) is 6.20 Å². The molecule has 10 heteroatoms. The van der Waals surface area contributed by atoms with E-state index in [0.717, 1.165) is 59.7 Å². The van der Waals surface area contributed by atoms with Crippen LogP contribution in [-0.2, 0) is 9.47 Å². The summed E-state index contributed by atoms with van der Waals surface area (Å²) in [7, 11) is -2.39. The van der Waals surface area contributed by atoms with Gasteiger partial charge in [0.25, 0.3) is 0 Å². The number of hydrogen-bond acceptors (Lipinski definition) is 6. The van der Waals surface area contributed by atoms with E-state index in [1.807, 2.05) is 29.0 Å². The molecule has 2 fully saturated rings. The predicted octanol–water partition coefficient (Wildman–Crippen LogP) is 8.17. The SMILES string of the molecule is C[Si](C)(C)CCOCN(COCC[Si](C)(C)C)c1cc([C@H]2C[C@@H]3CC[C@@H](C3)C2)nc2c(-c3ccc(Cl)nc3)cnn12. The molecule has 5 rings (SSSR count). The summed E-state index contributed by atoms with van der Waals surface area (Å²) in [6.07, 6.45) is 10.3. The summed E-state index contributed by atoms with van der Waals surface area (Å²) in [5, 5.41) is 5.34. The molecule has 2 aliphatic rings. The zero-order valence-electron chi connectivity index (χ0n) is 25.8. The first-order valence-electron chi connectivity index (χ1n) is 15.4. The number of pyridine rings is 1. The highest BCUT2D eigenvalue weighted by atomic mass is 35.5. The Morgan fingerprint density at radius 3 is 2.10 bits per heavy atom. The maximum atomic E-state index is 6.31. The van der Waals surface area contributed by atoms with E-state index in [1.165, 1.54) is 37.8 Å². The number of halogens is 1. The lowest BCUT2D eigenvalue weighted by atomic mass is 9.79. The highest BCUT2D eigenvalue weighted by Crippen LogP contribution is 2.48. The minimum absolute atomic E-state index is 0.462. The van der Waals surface area contributed by atoms with E-state index in [9.17, 15) is 0 Å². The van der Waals surface area contributed by atoms with Gasteiger partial charge in [-0.15, -0.1) is 0 Å². The summed E-state index contributed by atoms with van der Waals surface area (Å²) in [5.41, 5.74) is 3.96. The van der Waals surface area contributed by atoms with E-state index in [2.05, 4.69) is 55.2 Å². The van der Waals surface area contributed by atoms with Gasteiger partial charge < -0.3 is 14.4 Å². The minimum Gasteiger partial charge on any atom is -0.361 e. The largest absolute Gasteiger partial charge is 0.361 e. The topological polar surface area (TPSA) is 64.8 Å². The first-order chi connectivity index (χ1) is 19.4. The quantitative estimate of drug-likeness (QED) is 0.0838. The van der Waals surface area contributed by atoms with Crippen molar-refractivity contribution in [3.63, 3.8) is 0 Å². The van der Waals surface area contributed by atoms with Crippen LogP contribution in [0.2, 0.25) is 56.5 Å². The molecule has 0 spiro atoms. The molecule has 7 nitrogen and oxygen atoms in total. The van der Waals surface area contributed by atoms with Crippen LogP contribution in [-0.4, -0.2) is 62.4 Å². The van der Waals surface area contributed by atoms with Crippen LogP contribution in [0.1, 0.15) is 43.7 Å². The number of anilines is 1. The van der Waals surface area contributed by atoms with Gasteiger partial charge in [0, 0.05) is 64.4 Å². The normalized spacial score (nSPS) is 21.1. The average Bonchev–Trinajstić information content (AvgIpc) is 3.48. The van der Waals surface area contributed by atoms with Gasteiger partial charge in [0.15, 0.2) is 5.65 Å². The second kappa shape index (κ2) is 12.8. The minimum atomic E-state index is -1.19. The Kier molecular flexibility index (Phi) is 9.60. The van der Waals surface area contributed by atoms with Crippen LogP contribution in [0.25, 0.3) is 16.8 Å². The zero-order chi connectivity index (χ0) is 29.2. The second-order valence-corrected chi connectivity index (χ2v) is 26.3. The summed E-state index contributed by atoms with van der Waals surface area (Å²) in [5.74, 6) is 3.11. The van der Waals surface area contributed by atoms with Crippen LogP contribution >= 0.6 is 11.6 Å². The first-order valence-corrected chi connectivity index (χ1v) is 23.2. The third-order valence-electron chi connectivity index (χ3n) is 8.63. The molecule has 0 aliphatic heterocycles. The third kappa shape index (κ3) is 8.19. The van der Waals surface area contributed by atoms with E-state index < -0.39 is 16.1 Å². The molecule has 41 heavy (non-hydrogen) atoms. The molecule has 2 bridgehead atoms. The van der Waals surface area contributed by atoms with E-state index >= 15 is 0 Å². The highest BCUT2D eigenvalue weighted by molar-refractivity contribution is 6.76. The molecule has 0 unspecified atom stereocenters. The molecule has 224 valence electrons. The summed E-state index contributed by atoms with van der Waals surface area (Å²) < 4.78 is 14.6. The zero-order valence-corrected chi connectivity index (χ0v) is 28.6. The number of rotatable bonds is 13. The van der Waals surface area contributed by atoms with Crippen LogP contribution in [0.4, 0.5) is 5.82 Å². The van der Waals surface area contributed by atoms with Gasteiger partial charge >= 0.3 is 0 Å². The Morgan fingerprint density at radius 2 is 1.54 bits per heavy atom. The Morgan fingerprint density at radius 1 is 0.902 bits per heavy atom. The van der Waals surface area contributed by atoms with Gasteiger partial charge in [-0.1, -0.05) is 63.7 Å². The molecule has 0 aromatic carbocycles. The van der Waals surface area contributed by atoms with Crippen LogP contribution in [0, 0.1) is 11.8 Å². The Hall–Kier alpha value is -1.79. The standard InChI is InChI=1S/C31H48ClN5O2Si2/c1-40(2,3)13-11-38-21-36(22-39-12-14-41(4,5)6)30-18-28(26-16-23-7-8-24(15-23)17-26)35-31-27(20-34-37(30)31)25-9-10-29(32)33-19-25/h9-10,18-20,23-24,26H,7-8,11-17,21-22H2,1-6H3/t23-,24+,26+. The fourth-order valence-corrected chi connectivity index (χ4v) is 7.79. The van der Waals surface area contributed by atoms with Crippen molar-refractivity contribution in [3.8, 4) is 11.1 Å². The maximum Gasteiger partial charge on any atom is 0.165 e. The van der Waals surface area contributed by atoms with E-state index in [4.69, 9.17) is 31.2 Å². The van der Waals surface area contributed by atoms with Crippen LogP contribution in [0.3, 0.4) is 0 Å².